The lowest BCUT2D eigenvalue weighted by Gasteiger charge is -2.42. The van der Waals surface area contributed by atoms with Crippen molar-refractivity contribution in [3.05, 3.63) is 12.2 Å². The van der Waals surface area contributed by atoms with Crippen LogP contribution in [0.4, 0.5) is 0 Å². The van der Waals surface area contributed by atoms with Gasteiger partial charge in [0.1, 0.15) is 54.9 Å². The summed E-state index contributed by atoms with van der Waals surface area (Å²) in [5.41, 5.74) is 0. The Hall–Kier alpha value is -1.27. The number of allylic oxidation sites excluding steroid dienone is 2. The second-order valence-corrected chi connectivity index (χ2v) is 20.8. The molecule has 0 aromatic heterocycles. The van der Waals surface area contributed by atoms with Gasteiger partial charge < -0.3 is 64.2 Å². The maximum atomic E-state index is 13.0. The van der Waals surface area contributed by atoms with E-state index in [-0.39, 0.29) is 25.6 Å². The molecule has 2 heterocycles. The Bertz CT molecular complexity index is 1230. The van der Waals surface area contributed by atoms with Crippen LogP contribution in [0.5, 0.6) is 0 Å². The monoisotopic (exact) mass is 1020 g/mol. The van der Waals surface area contributed by atoms with Crippen molar-refractivity contribution >= 4 is 5.97 Å². The molecule has 11 atom stereocenters. The molecule has 0 aliphatic carbocycles. The zero-order chi connectivity index (χ0) is 51.6. The molecule has 0 bridgehead atoms. The molecule has 0 aromatic carbocycles. The van der Waals surface area contributed by atoms with Crippen molar-refractivity contribution in [1.82, 2.24) is 0 Å². The van der Waals surface area contributed by atoms with Crippen LogP contribution >= 0.6 is 0 Å². The summed E-state index contributed by atoms with van der Waals surface area (Å²) >= 11 is 0. The first-order chi connectivity index (χ1) is 34.6. The normalized spacial score (nSPS) is 25.3. The van der Waals surface area contributed by atoms with E-state index in [0.29, 0.717) is 13.0 Å². The molecule has 0 aromatic rings. The number of aliphatic hydroxyl groups is 7. The van der Waals surface area contributed by atoms with E-state index in [0.717, 1.165) is 57.8 Å². The number of hydrogen-bond donors (Lipinski definition) is 7. The van der Waals surface area contributed by atoms with Crippen LogP contribution in [0, 0.1) is 0 Å². The van der Waals surface area contributed by atoms with Crippen molar-refractivity contribution in [1.29, 1.82) is 0 Å². The second kappa shape index (κ2) is 45.0. The van der Waals surface area contributed by atoms with Crippen molar-refractivity contribution < 1.29 is 69.0 Å². The van der Waals surface area contributed by atoms with Crippen LogP contribution in [-0.4, -0.2) is 142 Å². The highest BCUT2D eigenvalue weighted by molar-refractivity contribution is 5.69. The van der Waals surface area contributed by atoms with Crippen molar-refractivity contribution in [2.24, 2.45) is 0 Å². The van der Waals surface area contributed by atoms with E-state index in [1.165, 1.54) is 161 Å². The van der Waals surface area contributed by atoms with Crippen molar-refractivity contribution in [3.8, 4) is 0 Å². The van der Waals surface area contributed by atoms with Crippen LogP contribution < -0.4 is 0 Å². The number of carbonyl (C=O) groups is 1. The van der Waals surface area contributed by atoms with Crippen molar-refractivity contribution in [2.75, 3.05) is 33.0 Å². The number of esters is 1. The van der Waals surface area contributed by atoms with Crippen LogP contribution in [0.1, 0.15) is 245 Å². The van der Waals surface area contributed by atoms with E-state index in [2.05, 4.69) is 26.0 Å². The van der Waals surface area contributed by atoms with Gasteiger partial charge in [0.05, 0.1) is 26.4 Å². The van der Waals surface area contributed by atoms with Gasteiger partial charge in [0.25, 0.3) is 0 Å². The molecule has 14 nitrogen and oxygen atoms in total. The molecule has 14 heteroatoms. The number of rotatable bonds is 48. The highest BCUT2D eigenvalue weighted by Crippen LogP contribution is 2.27. The summed E-state index contributed by atoms with van der Waals surface area (Å²) in [6, 6.07) is 0. The first-order valence-corrected chi connectivity index (χ1v) is 29.3. The van der Waals surface area contributed by atoms with E-state index < -0.39 is 80.7 Å². The molecule has 7 N–H and O–H groups in total. The Morgan fingerprint density at radius 3 is 1.28 bits per heavy atom. The summed E-state index contributed by atoms with van der Waals surface area (Å²) < 4.78 is 34.4. The lowest BCUT2D eigenvalue weighted by molar-refractivity contribution is -0.332. The summed E-state index contributed by atoms with van der Waals surface area (Å²) in [7, 11) is 0. The highest BCUT2D eigenvalue weighted by atomic mass is 16.7. The predicted molar refractivity (Wildman–Crippen MR) is 280 cm³/mol. The zero-order valence-corrected chi connectivity index (χ0v) is 45.0. The Morgan fingerprint density at radius 2 is 0.831 bits per heavy atom. The van der Waals surface area contributed by atoms with Gasteiger partial charge in [-0.25, -0.2) is 0 Å². The first kappa shape index (κ1) is 65.8. The molecule has 0 saturated carbocycles. The third-order valence-electron chi connectivity index (χ3n) is 14.3. The molecule has 0 amide bonds. The molecule has 0 spiro atoms. The maximum absolute atomic E-state index is 13.0. The summed E-state index contributed by atoms with van der Waals surface area (Å²) in [6.07, 6.45) is 32.8. The molecular weight excluding hydrogens is 909 g/mol. The third kappa shape index (κ3) is 32.0. The molecule has 0 radical (unpaired) electrons. The van der Waals surface area contributed by atoms with E-state index in [9.17, 15) is 40.5 Å². The van der Waals surface area contributed by atoms with E-state index >= 15 is 0 Å². The topological polar surface area (TPSA) is 214 Å². The summed E-state index contributed by atoms with van der Waals surface area (Å²) in [5.74, 6) is -0.380. The molecule has 2 aliphatic heterocycles. The predicted octanol–water partition coefficient (Wildman–Crippen LogP) is 10.2. The summed E-state index contributed by atoms with van der Waals surface area (Å²) in [4.78, 5) is 13.0. The smallest absolute Gasteiger partial charge is 0.306 e. The standard InChI is InChI=1S/C57H108O14/c1-3-5-7-9-11-13-15-17-19-20-21-22-23-24-25-26-27-29-31-33-35-37-39-41-66-43-46(69-49(59)40-38-36-34-32-30-28-18-16-14-12-10-8-6-4-2)44-67-56-55(65)53(63)51(61)48(71-56)45-68-57-54(64)52(62)50(60)47(42-58)70-57/h16,18,46-48,50-58,60-65H,3-15,17,19-45H2,1-2H3/b18-16-. The molecule has 71 heavy (non-hydrogen) atoms. The SMILES string of the molecule is CCCCCCC/C=C\CCCCCCCC(=O)OC(COCCCCCCCCCCCCCCCCCCCCCCCCC)COC1OC(COC2OC(CO)C(O)C(O)C2O)C(O)C(O)C1O. The molecule has 2 fully saturated rings. The van der Waals surface area contributed by atoms with Gasteiger partial charge in [0.2, 0.25) is 0 Å². The van der Waals surface area contributed by atoms with Gasteiger partial charge in [-0.15, -0.1) is 0 Å². The largest absolute Gasteiger partial charge is 0.457 e. The van der Waals surface area contributed by atoms with Gasteiger partial charge in [0, 0.05) is 13.0 Å². The molecule has 420 valence electrons. The minimum absolute atomic E-state index is 0.0644. The fourth-order valence-electron chi connectivity index (χ4n) is 9.52. The molecule has 11 unspecified atom stereocenters. The highest BCUT2D eigenvalue weighted by Gasteiger charge is 2.47. The quantitative estimate of drug-likeness (QED) is 0.0172. The summed E-state index contributed by atoms with van der Waals surface area (Å²) in [5, 5.41) is 72.3. The van der Waals surface area contributed by atoms with Crippen molar-refractivity contribution in [2.45, 2.75) is 313 Å². The number of ether oxygens (including phenoxy) is 6. The Labute approximate surface area is 431 Å². The molecular formula is C57H108O14. The average Bonchev–Trinajstić information content (AvgIpc) is 3.37. The van der Waals surface area contributed by atoms with Crippen LogP contribution in [0.2, 0.25) is 0 Å². The van der Waals surface area contributed by atoms with Gasteiger partial charge in [-0.1, -0.05) is 212 Å². The minimum Gasteiger partial charge on any atom is -0.457 e. The average molecular weight is 1020 g/mol. The Kier molecular flexibility index (Phi) is 41.7. The van der Waals surface area contributed by atoms with E-state index in [1.54, 1.807) is 0 Å². The third-order valence-corrected chi connectivity index (χ3v) is 14.3. The van der Waals surface area contributed by atoms with Gasteiger partial charge in [-0.3, -0.25) is 4.79 Å². The van der Waals surface area contributed by atoms with Gasteiger partial charge >= 0.3 is 5.97 Å². The van der Waals surface area contributed by atoms with Crippen LogP contribution in [0.15, 0.2) is 12.2 Å². The van der Waals surface area contributed by atoms with E-state index in [4.69, 9.17) is 28.4 Å². The lowest BCUT2D eigenvalue weighted by atomic mass is 9.98. The van der Waals surface area contributed by atoms with E-state index in [1.807, 2.05) is 0 Å². The minimum atomic E-state index is -1.70. The fourth-order valence-corrected chi connectivity index (χ4v) is 9.52. The molecule has 2 rings (SSSR count). The lowest BCUT2D eigenvalue weighted by Crippen LogP contribution is -2.61. The Balaban J connectivity index is 1.68. The summed E-state index contributed by atoms with van der Waals surface area (Å²) in [6.45, 7) is 3.72. The second-order valence-electron chi connectivity index (χ2n) is 20.8. The maximum Gasteiger partial charge on any atom is 0.306 e. The van der Waals surface area contributed by atoms with Crippen molar-refractivity contribution in [3.63, 3.8) is 0 Å². The number of unbranched alkanes of at least 4 members (excludes halogenated alkanes) is 32. The van der Waals surface area contributed by atoms with Crippen LogP contribution in [0.25, 0.3) is 0 Å². The van der Waals surface area contributed by atoms with Crippen LogP contribution in [0.3, 0.4) is 0 Å². The number of carbonyl (C=O) groups excluding carboxylic acids is 1. The van der Waals surface area contributed by atoms with Crippen LogP contribution in [-0.2, 0) is 33.2 Å². The fraction of sp³-hybridized carbons (Fsp3) is 0.947. The number of hydrogen-bond acceptors (Lipinski definition) is 14. The first-order valence-electron chi connectivity index (χ1n) is 29.3. The van der Waals surface area contributed by atoms with Gasteiger partial charge in [-0.2, -0.15) is 0 Å². The van der Waals surface area contributed by atoms with Gasteiger partial charge in [0.15, 0.2) is 12.6 Å². The molecule has 2 aliphatic rings. The number of aliphatic hydroxyl groups excluding tert-OH is 7. The molecule has 2 saturated heterocycles. The Morgan fingerprint density at radius 1 is 0.451 bits per heavy atom. The zero-order valence-electron chi connectivity index (χ0n) is 45.0. The van der Waals surface area contributed by atoms with Gasteiger partial charge in [-0.05, 0) is 38.5 Å².